The van der Waals surface area contributed by atoms with Crippen molar-refractivity contribution in [3.8, 4) is 0 Å². The van der Waals surface area contributed by atoms with Crippen LogP contribution in [0.15, 0.2) is 30.3 Å². The third-order valence-electron chi connectivity index (χ3n) is 4.65. The predicted molar refractivity (Wildman–Crippen MR) is 83.5 cm³/mol. The monoisotopic (exact) mass is 259 g/mol. The number of hydrogen-bond acceptors (Lipinski definition) is 1. The number of hydrogen-bond donors (Lipinski definition) is 1. The molecule has 0 heterocycles. The van der Waals surface area contributed by atoms with Crippen molar-refractivity contribution >= 4 is 0 Å². The summed E-state index contributed by atoms with van der Waals surface area (Å²) >= 11 is 0. The summed E-state index contributed by atoms with van der Waals surface area (Å²) in [7, 11) is 0. The van der Waals surface area contributed by atoms with Crippen LogP contribution in [-0.2, 0) is 0 Å². The van der Waals surface area contributed by atoms with Gasteiger partial charge in [-0.3, -0.25) is 0 Å². The van der Waals surface area contributed by atoms with Crippen molar-refractivity contribution in [2.24, 2.45) is 5.92 Å². The van der Waals surface area contributed by atoms with Gasteiger partial charge < -0.3 is 5.32 Å². The van der Waals surface area contributed by atoms with Crippen LogP contribution in [0.3, 0.4) is 0 Å². The molecule has 0 radical (unpaired) electrons. The van der Waals surface area contributed by atoms with Gasteiger partial charge in [-0.05, 0) is 43.2 Å². The summed E-state index contributed by atoms with van der Waals surface area (Å²) in [4.78, 5) is 0. The largest absolute Gasteiger partial charge is 0.313 e. The molecule has 1 saturated carbocycles. The first kappa shape index (κ1) is 14.6. The van der Waals surface area contributed by atoms with Crippen LogP contribution in [-0.4, -0.2) is 12.6 Å². The number of nitrogens with one attached hydrogen (secondary N) is 1. The zero-order valence-corrected chi connectivity index (χ0v) is 12.6. The van der Waals surface area contributed by atoms with Crippen molar-refractivity contribution in [3.05, 3.63) is 35.9 Å². The Bertz CT molecular complexity index is 340. The van der Waals surface area contributed by atoms with Crippen molar-refractivity contribution in [1.82, 2.24) is 5.32 Å². The fraction of sp³-hybridized carbons (Fsp3) is 0.667. The molecule has 2 unspecified atom stereocenters. The van der Waals surface area contributed by atoms with Crippen LogP contribution in [0, 0.1) is 5.92 Å². The molecule has 0 amide bonds. The topological polar surface area (TPSA) is 12.0 Å². The molecule has 19 heavy (non-hydrogen) atoms. The molecule has 106 valence electrons. The van der Waals surface area contributed by atoms with E-state index in [9.17, 15) is 0 Å². The molecule has 1 N–H and O–H groups in total. The molecule has 1 heteroatoms. The fourth-order valence-corrected chi connectivity index (χ4v) is 3.52. The normalized spacial score (nSPS) is 20.1. The van der Waals surface area contributed by atoms with E-state index in [0.717, 1.165) is 12.5 Å². The van der Waals surface area contributed by atoms with E-state index in [4.69, 9.17) is 0 Å². The zero-order valence-electron chi connectivity index (χ0n) is 12.6. The molecule has 1 aliphatic carbocycles. The molecule has 0 aromatic heterocycles. The van der Waals surface area contributed by atoms with Crippen molar-refractivity contribution in [2.75, 3.05) is 6.54 Å². The molecular weight excluding hydrogens is 230 g/mol. The van der Waals surface area contributed by atoms with E-state index in [1.807, 2.05) is 0 Å². The van der Waals surface area contributed by atoms with Crippen molar-refractivity contribution in [2.45, 2.75) is 64.3 Å². The Morgan fingerprint density at radius 2 is 1.79 bits per heavy atom. The Kier molecular flexibility index (Phi) is 5.91. The Balaban J connectivity index is 2.07. The lowest BCUT2D eigenvalue weighted by Crippen LogP contribution is -2.41. The second kappa shape index (κ2) is 7.69. The van der Waals surface area contributed by atoms with Gasteiger partial charge in [-0.2, -0.15) is 0 Å². The highest BCUT2D eigenvalue weighted by Gasteiger charge is 2.28. The molecule has 0 saturated heterocycles. The van der Waals surface area contributed by atoms with Crippen LogP contribution in [0.4, 0.5) is 0 Å². The third-order valence-corrected chi connectivity index (χ3v) is 4.65. The quantitative estimate of drug-likeness (QED) is 0.778. The van der Waals surface area contributed by atoms with E-state index in [0.29, 0.717) is 12.0 Å². The second-order valence-corrected chi connectivity index (χ2v) is 6.08. The maximum atomic E-state index is 3.84. The van der Waals surface area contributed by atoms with Gasteiger partial charge in [0.2, 0.25) is 0 Å². The first-order chi connectivity index (χ1) is 9.33. The van der Waals surface area contributed by atoms with E-state index in [-0.39, 0.29) is 0 Å². The maximum absolute atomic E-state index is 3.84. The third kappa shape index (κ3) is 4.07. The average molecular weight is 259 g/mol. The van der Waals surface area contributed by atoms with Gasteiger partial charge in [0.05, 0.1) is 0 Å². The maximum Gasteiger partial charge on any atom is 0.0161 e. The summed E-state index contributed by atoms with van der Waals surface area (Å²) in [5.74, 6) is 1.49. The van der Waals surface area contributed by atoms with Crippen molar-refractivity contribution in [1.29, 1.82) is 0 Å². The van der Waals surface area contributed by atoms with Gasteiger partial charge in [0.25, 0.3) is 0 Å². The SMILES string of the molecule is CCCNC(C1CCCCC1)C(C)c1ccccc1. The van der Waals surface area contributed by atoms with Gasteiger partial charge in [-0.25, -0.2) is 0 Å². The summed E-state index contributed by atoms with van der Waals surface area (Å²) in [5, 5.41) is 3.84. The summed E-state index contributed by atoms with van der Waals surface area (Å²) in [6.45, 7) is 5.81. The fourth-order valence-electron chi connectivity index (χ4n) is 3.52. The molecule has 0 aliphatic heterocycles. The Morgan fingerprint density at radius 1 is 1.11 bits per heavy atom. The Hall–Kier alpha value is -0.820. The van der Waals surface area contributed by atoms with E-state index < -0.39 is 0 Å². The first-order valence-electron chi connectivity index (χ1n) is 8.11. The highest BCUT2D eigenvalue weighted by Crippen LogP contribution is 2.33. The minimum atomic E-state index is 0.621. The van der Waals surface area contributed by atoms with Crippen LogP contribution in [0.1, 0.15) is 63.9 Å². The van der Waals surface area contributed by atoms with Gasteiger partial charge in [-0.1, -0.05) is 63.4 Å². The van der Waals surface area contributed by atoms with E-state index in [1.165, 1.54) is 44.1 Å². The van der Waals surface area contributed by atoms with Gasteiger partial charge >= 0.3 is 0 Å². The summed E-state index contributed by atoms with van der Waals surface area (Å²) in [5.41, 5.74) is 1.49. The molecule has 0 spiro atoms. The molecule has 2 atom stereocenters. The smallest absolute Gasteiger partial charge is 0.0161 e. The summed E-state index contributed by atoms with van der Waals surface area (Å²) < 4.78 is 0. The lowest BCUT2D eigenvalue weighted by Gasteiger charge is -2.35. The summed E-state index contributed by atoms with van der Waals surface area (Å²) in [6, 6.07) is 11.7. The molecule has 2 rings (SSSR count). The Morgan fingerprint density at radius 3 is 2.42 bits per heavy atom. The predicted octanol–water partition coefficient (Wildman–Crippen LogP) is 4.74. The van der Waals surface area contributed by atoms with Crippen LogP contribution >= 0.6 is 0 Å². The van der Waals surface area contributed by atoms with Crippen molar-refractivity contribution < 1.29 is 0 Å². The highest BCUT2D eigenvalue weighted by molar-refractivity contribution is 5.21. The van der Waals surface area contributed by atoms with E-state index in [2.05, 4.69) is 49.5 Å². The molecular formula is C18H29N. The molecule has 1 aromatic carbocycles. The van der Waals surface area contributed by atoms with Gasteiger partial charge in [0.15, 0.2) is 0 Å². The lowest BCUT2D eigenvalue weighted by molar-refractivity contribution is 0.245. The van der Waals surface area contributed by atoms with Gasteiger partial charge in [0, 0.05) is 6.04 Å². The molecule has 0 bridgehead atoms. The van der Waals surface area contributed by atoms with Gasteiger partial charge in [0.1, 0.15) is 0 Å². The van der Waals surface area contributed by atoms with E-state index in [1.54, 1.807) is 0 Å². The Labute approximate surface area is 118 Å². The van der Waals surface area contributed by atoms with Crippen LogP contribution in [0.5, 0.6) is 0 Å². The molecule has 1 aliphatic rings. The zero-order chi connectivity index (χ0) is 13.5. The minimum absolute atomic E-state index is 0.621. The van der Waals surface area contributed by atoms with Crippen LogP contribution in [0.25, 0.3) is 0 Å². The van der Waals surface area contributed by atoms with Gasteiger partial charge in [-0.15, -0.1) is 0 Å². The standard InChI is InChI=1S/C18H29N/c1-3-14-19-18(17-12-8-5-9-13-17)15(2)16-10-6-4-7-11-16/h4,6-7,10-11,15,17-19H,3,5,8-9,12-14H2,1-2H3. The molecule has 1 aromatic rings. The van der Waals surface area contributed by atoms with Crippen LogP contribution in [0.2, 0.25) is 0 Å². The number of benzene rings is 1. The van der Waals surface area contributed by atoms with Crippen LogP contribution < -0.4 is 5.32 Å². The van der Waals surface area contributed by atoms with E-state index >= 15 is 0 Å². The van der Waals surface area contributed by atoms with Crippen molar-refractivity contribution in [3.63, 3.8) is 0 Å². The first-order valence-corrected chi connectivity index (χ1v) is 8.11. The molecule has 1 fully saturated rings. The highest BCUT2D eigenvalue weighted by atomic mass is 14.9. The number of rotatable bonds is 6. The average Bonchev–Trinajstić information content (AvgIpc) is 2.49. The molecule has 1 nitrogen and oxygen atoms in total. The lowest BCUT2D eigenvalue weighted by atomic mass is 9.77. The minimum Gasteiger partial charge on any atom is -0.313 e. The summed E-state index contributed by atoms with van der Waals surface area (Å²) in [6.07, 6.45) is 8.35. The second-order valence-electron chi connectivity index (χ2n) is 6.08.